The van der Waals surface area contributed by atoms with Gasteiger partial charge < -0.3 is 10.1 Å². The molecule has 0 bridgehead atoms. The van der Waals surface area contributed by atoms with Gasteiger partial charge in [-0.3, -0.25) is 4.90 Å². The van der Waals surface area contributed by atoms with Gasteiger partial charge in [-0.1, -0.05) is 18.2 Å². The molecule has 1 aliphatic rings. The molecule has 0 spiro atoms. The van der Waals surface area contributed by atoms with Gasteiger partial charge in [0.2, 0.25) is 0 Å². The average Bonchev–Trinajstić information content (AvgIpc) is 2.40. The molecular formula is C13H15F5N2O. The third kappa shape index (κ3) is 4.28. The fraction of sp³-hybridized carbons (Fsp3) is 0.538. The fourth-order valence-electron chi connectivity index (χ4n) is 2.39. The minimum absolute atomic E-state index is 0.147. The van der Waals surface area contributed by atoms with Crippen LogP contribution >= 0.6 is 0 Å². The summed E-state index contributed by atoms with van der Waals surface area (Å²) in [6.07, 6.45) is -7.72. The number of nitrogens with one attached hydrogen (secondary N) is 1. The van der Waals surface area contributed by atoms with Crippen LogP contribution in [-0.2, 0) is 0 Å². The lowest BCUT2D eigenvalue weighted by molar-refractivity contribution is -0.275. The fourth-order valence-corrected chi connectivity index (χ4v) is 2.39. The third-order valence-electron chi connectivity index (χ3n) is 3.25. The molecule has 0 amide bonds. The van der Waals surface area contributed by atoms with Crippen LogP contribution in [0.2, 0.25) is 0 Å². The zero-order chi connectivity index (χ0) is 15.5. The Morgan fingerprint density at radius 1 is 1.10 bits per heavy atom. The summed E-state index contributed by atoms with van der Waals surface area (Å²) in [4.78, 5) is 1.47. The van der Waals surface area contributed by atoms with Crippen LogP contribution < -0.4 is 10.1 Å². The van der Waals surface area contributed by atoms with Crippen LogP contribution in [0.3, 0.4) is 0 Å². The third-order valence-corrected chi connectivity index (χ3v) is 3.25. The molecule has 0 radical (unpaired) electrons. The van der Waals surface area contributed by atoms with E-state index in [9.17, 15) is 22.0 Å². The van der Waals surface area contributed by atoms with Crippen molar-refractivity contribution in [2.45, 2.75) is 18.8 Å². The molecule has 3 nitrogen and oxygen atoms in total. The molecule has 1 saturated heterocycles. The van der Waals surface area contributed by atoms with Crippen LogP contribution in [0.4, 0.5) is 22.0 Å². The lowest BCUT2D eigenvalue weighted by Gasteiger charge is -2.35. The standard InChI is InChI=1S/C13H15F5N2O/c14-12(15)11(20-7-5-19-6-8-20)9-3-1-2-4-10(9)21-13(16,17)18/h1-4,11-12,19H,5-8H2/t11-/m0/s1. The Morgan fingerprint density at radius 2 is 1.71 bits per heavy atom. The number of hydrogen-bond acceptors (Lipinski definition) is 3. The van der Waals surface area contributed by atoms with E-state index in [1.165, 1.54) is 23.1 Å². The van der Waals surface area contributed by atoms with Crippen molar-refractivity contribution in [3.05, 3.63) is 29.8 Å². The first-order valence-electron chi connectivity index (χ1n) is 6.46. The number of para-hydroxylation sites is 1. The van der Waals surface area contributed by atoms with Crippen molar-refractivity contribution in [1.82, 2.24) is 10.2 Å². The van der Waals surface area contributed by atoms with E-state index in [4.69, 9.17) is 0 Å². The number of halogens is 5. The van der Waals surface area contributed by atoms with E-state index in [1.807, 2.05) is 0 Å². The molecule has 1 atom stereocenters. The summed E-state index contributed by atoms with van der Waals surface area (Å²) in [5, 5.41) is 3.02. The SMILES string of the molecule is FC(F)[C@H](c1ccccc1OC(F)(F)F)N1CCNCC1. The summed E-state index contributed by atoms with van der Waals surface area (Å²) < 4.78 is 67.8. The highest BCUT2D eigenvalue weighted by Crippen LogP contribution is 2.36. The topological polar surface area (TPSA) is 24.5 Å². The van der Waals surface area contributed by atoms with Crippen LogP contribution in [0.25, 0.3) is 0 Å². The number of ether oxygens (including phenoxy) is 1. The molecule has 1 heterocycles. The Kier molecular flexibility index (Phi) is 5.00. The number of benzene rings is 1. The van der Waals surface area contributed by atoms with Crippen LogP contribution in [0, 0.1) is 0 Å². The van der Waals surface area contributed by atoms with Gasteiger partial charge in [0.05, 0.1) is 0 Å². The van der Waals surface area contributed by atoms with Gasteiger partial charge in [0.15, 0.2) is 0 Å². The number of alkyl halides is 5. The molecule has 118 valence electrons. The van der Waals surface area contributed by atoms with Crippen molar-refractivity contribution in [3.8, 4) is 5.75 Å². The zero-order valence-corrected chi connectivity index (χ0v) is 11.0. The summed E-state index contributed by atoms with van der Waals surface area (Å²) in [6.45, 7) is 1.72. The van der Waals surface area contributed by atoms with Crippen molar-refractivity contribution < 1.29 is 26.7 Å². The highest BCUT2D eigenvalue weighted by molar-refractivity contribution is 5.36. The minimum atomic E-state index is -4.91. The van der Waals surface area contributed by atoms with E-state index < -0.39 is 24.6 Å². The molecule has 0 aromatic heterocycles. The maximum absolute atomic E-state index is 13.4. The second kappa shape index (κ2) is 6.57. The van der Waals surface area contributed by atoms with Gasteiger partial charge in [0, 0.05) is 31.7 Å². The lowest BCUT2D eigenvalue weighted by atomic mass is 10.0. The Morgan fingerprint density at radius 3 is 2.29 bits per heavy atom. The van der Waals surface area contributed by atoms with Gasteiger partial charge in [-0.2, -0.15) is 0 Å². The number of rotatable bonds is 4. The molecule has 1 aliphatic heterocycles. The highest BCUT2D eigenvalue weighted by atomic mass is 19.4. The van der Waals surface area contributed by atoms with Gasteiger partial charge in [-0.05, 0) is 6.07 Å². The predicted octanol–water partition coefficient (Wildman–Crippen LogP) is 2.80. The lowest BCUT2D eigenvalue weighted by Crippen LogP contribution is -2.47. The van der Waals surface area contributed by atoms with Gasteiger partial charge >= 0.3 is 6.36 Å². The number of piperazine rings is 1. The first-order chi connectivity index (χ1) is 9.88. The van der Waals surface area contributed by atoms with Crippen LogP contribution in [0.5, 0.6) is 5.75 Å². The van der Waals surface area contributed by atoms with Gasteiger partial charge in [0.1, 0.15) is 11.8 Å². The second-order valence-corrected chi connectivity index (χ2v) is 4.65. The predicted molar refractivity (Wildman–Crippen MR) is 66.3 cm³/mol. The molecule has 0 aliphatic carbocycles. The molecule has 1 aromatic carbocycles. The van der Waals surface area contributed by atoms with Crippen LogP contribution in [-0.4, -0.2) is 43.9 Å². The van der Waals surface area contributed by atoms with Crippen molar-refractivity contribution in [1.29, 1.82) is 0 Å². The Balaban J connectivity index is 2.31. The first kappa shape index (κ1) is 16.0. The monoisotopic (exact) mass is 310 g/mol. The first-order valence-corrected chi connectivity index (χ1v) is 6.46. The van der Waals surface area contributed by atoms with Crippen LogP contribution in [0.1, 0.15) is 11.6 Å². The van der Waals surface area contributed by atoms with E-state index in [0.29, 0.717) is 26.2 Å². The summed E-state index contributed by atoms with van der Waals surface area (Å²) in [5.74, 6) is -0.575. The van der Waals surface area contributed by atoms with E-state index in [0.717, 1.165) is 6.07 Å². The molecule has 8 heteroatoms. The Labute approximate surface area is 118 Å². The molecular weight excluding hydrogens is 295 g/mol. The van der Waals surface area contributed by atoms with Crippen LogP contribution in [0.15, 0.2) is 24.3 Å². The summed E-state index contributed by atoms with van der Waals surface area (Å²) in [7, 11) is 0. The summed E-state index contributed by atoms with van der Waals surface area (Å²) in [6, 6.07) is 3.65. The largest absolute Gasteiger partial charge is 0.573 e. The van der Waals surface area contributed by atoms with E-state index in [1.54, 1.807) is 0 Å². The second-order valence-electron chi connectivity index (χ2n) is 4.65. The maximum Gasteiger partial charge on any atom is 0.573 e. The molecule has 21 heavy (non-hydrogen) atoms. The molecule has 1 fully saturated rings. The maximum atomic E-state index is 13.4. The average molecular weight is 310 g/mol. The van der Waals surface area contributed by atoms with Gasteiger partial charge in [-0.25, -0.2) is 8.78 Å². The number of hydrogen-bond donors (Lipinski definition) is 1. The normalized spacial score (nSPS) is 18.8. The molecule has 1 aromatic rings. The van der Waals surface area contributed by atoms with Crippen molar-refractivity contribution in [3.63, 3.8) is 0 Å². The van der Waals surface area contributed by atoms with Crippen molar-refractivity contribution in [2.24, 2.45) is 0 Å². The minimum Gasteiger partial charge on any atom is -0.405 e. The number of nitrogens with zero attached hydrogens (tertiary/aromatic N) is 1. The van der Waals surface area contributed by atoms with Gasteiger partial charge in [0.25, 0.3) is 6.43 Å². The summed E-state index contributed by atoms with van der Waals surface area (Å²) in [5.41, 5.74) is -0.147. The van der Waals surface area contributed by atoms with Gasteiger partial charge in [-0.15, -0.1) is 13.2 Å². The molecule has 2 rings (SSSR count). The van der Waals surface area contributed by atoms with E-state index in [-0.39, 0.29) is 5.56 Å². The summed E-state index contributed by atoms with van der Waals surface area (Å²) >= 11 is 0. The van der Waals surface area contributed by atoms with Crippen molar-refractivity contribution in [2.75, 3.05) is 26.2 Å². The highest BCUT2D eigenvalue weighted by Gasteiger charge is 2.36. The zero-order valence-electron chi connectivity index (χ0n) is 11.0. The smallest absolute Gasteiger partial charge is 0.405 e. The van der Waals surface area contributed by atoms with E-state index >= 15 is 0 Å². The molecule has 1 N–H and O–H groups in total. The molecule has 0 saturated carbocycles. The quantitative estimate of drug-likeness (QED) is 0.866. The Hall–Kier alpha value is -1.41. The van der Waals surface area contributed by atoms with Crippen molar-refractivity contribution >= 4 is 0 Å². The molecule has 0 unspecified atom stereocenters. The van der Waals surface area contributed by atoms with E-state index in [2.05, 4.69) is 10.1 Å². The Bertz CT molecular complexity index is 460.